The van der Waals surface area contributed by atoms with Crippen molar-refractivity contribution in [2.24, 2.45) is 0 Å². The number of thiophene rings is 1. The van der Waals surface area contributed by atoms with Gasteiger partial charge in [-0.1, -0.05) is 116 Å². The summed E-state index contributed by atoms with van der Waals surface area (Å²) < 4.78 is 4.96. The molecule has 0 amide bonds. The molecule has 0 spiro atoms. The summed E-state index contributed by atoms with van der Waals surface area (Å²) in [5.41, 5.74) is 8.46. The first-order chi connectivity index (χ1) is 23.8. The molecule has 0 N–H and O–H groups in total. The van der Waals surface area contributed by atoms with Gasteiger partial charge in [-0.2, -0.15) is 0 Å². The fraction of sp³-hybridized carbons (Fsp3) is 0.0444. The summed E-state index contributed by atoms with van der Waals surface area (Å²) in [4.78, 5) is 4.92. The van der Waals surface area contributed by atoms with E-state index in [1.165, 1.54) is 74.7 Å². The first-order valence-corrected chi connectivity index (χ1v) is 17.4. The smallest absolute Gasteiger partial charge is 0.114 e. The average Bonchev–Trinajstić information content (AvgIpc) is 3.72. The summed E-state index contributed by atoms with van der Waals surface area (Å²) in [6, 6.07) is 55.7. The molecule has 10 aromatic rings. The predicted octanol–water partition coefficient (Wildman–Crippen LogP) is 12.7. The Hall–Kier alpha value is -5.77. The Bertz CT molecular complexity index is 2830. The van der Waals surface area contributed by atoms with E-state index in [4.69, 9.17) is 4.98 Å². The summed E-state index contributed by atoms with van der Waals surface area (Å²) >= 11 is 1.88. The summed E-state index contributed by atoms with van der Waals surface area (Å²) in [7, 11) is 0. The van der Waals surface area contributed by atoms with Gasteiger partial charge in [0.2, 0.25) is 0 Å². The van der Waals surface area contributed by atoms with Crippen molar-refractivity contribution in [1.82, 2.24) is 9.55 Å². The second kappa shape index (κ2) is 10.6. The number of para-hydroxylation sites is 2. The molecule has 0 atom stereocenters. The standard InChI is InChI=1S/C45H30N2S/c1-2-42-46-38-18-8-9-19-39(38)47(42)31-25-24-28-26-30(23-22-29(28)27-31)43-32-12-3-5-14-34(32)44(35-15-6-4-13-33(35)43)37-17-11-21-41-45(37)36-16-7-10-20-40(36)48-41/h3-27H,2H2,1H3. The van der Waals surface area contributed by atoms with E-state index < -0.39 is 0 Å². The van der Waals surface area contributed by atoms with Gasteiger partial charge in [0.1, 0.15) is 5.82 Å². The van der Waals surface area contributed by atoms with Gasteiger partial charge >= 0.3 is 0 Å². The second-order valence-corrected chi connectivity index (χ2v) is 13.7. The van der Waals surface area contributed by atoms with E-state index >= 15 is 0 Å². The Morgan fingerprint density at radius 1 is 0.542 bits per heavy atom. The van der Waals surface area contributed by atoms with E-state index in [1.54, 1.807) is 0 Å². The maximum absolute atomic E-state index is 4.92. The normalized spacial score (nSPS) is 11.9. The van der Waals surface area contributed by atoms with Gasteiger partial charge in [-0.05, 0) is 97.0 Å². The predicted molar refractivity (Wildman–Crippen MR) is 207 cm³/mol. The number of benzene rings is 8. The molecule has 2 aromatic heterocycles. The Morgan fingerprint density at radius 3 is 1.94 bits per heavy atom. The van der Waals surface area contributed by atoms with Crippen molar-refractivity contribution in [3.8, 4) is 27.9 Å². The monoisotopic (exact) mass is 630 g/mol. The van der Waals surface area contributed by atoms with Crippen LogP contribution in [0.4, 0.5) is 0 Å². The van der Waals surface area contributed by atoms with Crippen molar-refractivity contribution in [2.45, 2.75) is 13.3 Å². The maximum Gasteiger partial charge on any atom is 0.114 e. The van der Waals surface area contributed by atoms with Gasteiger partial charge in [-0.3, -0.25) is 4.57 Å². The number of hydrogen-bond acceptors (Lipinski definition) is 2. The summed E-state index contributed by atoms with van der Waals surface area (Å²) in [5.74, 6) is 1.08. The summed E-state index contributed by atoms with van der Waals surface area (Å²) in [6.07, 6.45) is 0.874. The molecule has 0 aliphatic carbocycles. The topological polar surface area (TPSA) is 17.8 Å². The minimum Gasteiger partial charge on any atom is -0.296 e. The molecule has 0 unspecified atom stereocenters. The third kappa shape index (κ3) is 4.01. The van der Waals surface area contributed by atoms with E-state index in [2.05, 4.69) is 163 Å². The third-order valence-corrected chi connectivity index (χ3v) is 11.1. The average molecular weight is 631 g/mol. The van der Waals surface area contributed by atoms with E-state index in [-0.39, 0.29) is 0 Å². The molecule has 0 radical (unpaired) electrons. The van der Waals surface area contributed by atoms with Crippen LogP contribution in [0.25, 0.3) is 91.5 Å². The lowest BCUT2D eigenvalue weighted by molar-refractivity contribution is 0.909. The van der Waals surface area contributed by atoms with Crippen molar-refractivity contribution in [3.63, 3.8) is 0 Å². The van der Waals surface area contributed by atoms with Crippen LogP contribution in [0, 0.1) is 0 Å². The van der Waals surface area contributed by atoms with Crippen LogP contribution in [0.5, 0.6) is 0 Å². The first-order valence-electron chi connectivity index (χ1n) is 16.6. The van der Waals surface area contributed by atoms with Crippen LogP contribution in [0.2, 0.25) is 0 Å². The summed E-state index contributed by atoms with van der Waals surface area (Å²) in [5, 5.41) is 10.2. The molecule has 3 heteroatoms. The zero-order chi connectivity index (χ0) is 31.8. The molecule has 8 aromatic carbocycles. The van der Waals surface area contributed by atoms with Crippen LogP contribution >= 0.6 is 11.3 Å². The highest BCUT2D eigenvalue weighted by atomic mass is 32.1. The Morgan fingerprint density at radius 2 is 1.17 bits per heavy atom. The molecule has 0 saturated carbocycles. The van der Waals surface area contributed by atoms with Crippen LogP contribution in [-0.2, 0) is 6.42 Å². The van der Waals surface area contributed by atoms with Crippen LogP contribution in [0.1, 0.15) is 12.7 Å². The van der Waals surface area contributed by atoms with Gasteiger partial charge < -0.3 is 0 Å². The molecule has 0 saturated heterocycles. The lowest BCUT2D eigenvalue weighted by atomic mass is 9.84. The van der Waals surface area contributed by atoms with Gasteiger partial charge in [-0.25, -0.2) is 4.98 Å². The molecular weight excluding hydrogens is 601 g/mol. The van der Waals surface area contributed by atoms with E-state index in [9.17, 15) is 0 Å². The molecule has 0 aliphatic rings. The first kappa shape index (κ1) is 27.4. The fourth-order valence-corrected chi connectivity index (χ4v) is 8.97. The van der Waals surface area contributed by atoms with Gasteiger partial charge in [0.15, 0.2) is 0 Å². The van der Waals surface area contributed by atoms with E-state index in [1.807, 2.05) is 11.3 Å². The number of aryl methyl sites for hydroxylation is 1. The minimum atomic E-state index is 0.874. The van der Waals surface area contributed by atoms with Crippen molar-refractivity contribution in [2.75, 3.05) is 0 Å². The molecule has 2 nitrogen and oxygen atoms in total. The van der Waals surface area contributed by atoms with E-state index in [0.717, 1.165) is 29.0 Å². The lowest BCUT2D eigenvalue weighted by Gasteiger charge is -2.19. The number of rotatable bonds is 4. The van der Waals surface area contributed by atoms with Crippen LogP contribution in [-0.4, -0.2) is 9.55 Å². The molecular formula is C45H30N2S. The molecule has 0 bridgehead atoms. The zero-order valence-electron chi connectivity index (χ0n) is 26.4. The van der Waals surface area contributed by atoms with Crippen molar-refractivity contribution < 1.29 is 0 Å². The number of fused-ring (bicyclic) bond motifs is 7. The SMILES string of the molecule is CCc1nc2ccccc2n1-c1ccc2cc(-c3c4ccccc4c(-c4cccc5sc6ccccc6c45)c4ccccc34)ccc2c1. The van der Waals surface area contributed by atoms with Gasteiger partial charge in [0, 0.05) is 32.3 Å². The van der Waals surface area contributed by atoms with Crippen LogP contribution < -0.4 is 0 Å². The highest BCUT2D eigenvalue weighted by molar-refractivity contribution is 7.25. The van der Waals surface area contributed by atoms with Crippen LogP contribution in [0.3, 0.4) is 0 Å². The van der Waals surface area contributed by atoms with Crippen molar-refractivity contribution in [3.05, 3.63) is 157 Å². The largest absolute Gasteiger partial charge is 0.296 e. The van der Waals surface area contributed by atoms with E-state index in [0.29, 0.717) is 0 Å². The Labute approximate surface area is 282 Å². The van der Waals surface area contributed by atoms with Crippen molar-refractivity contribution in [1.29, 1.82) is 0 Å². The summed E-state index contributed by atoms with van der Waals surface area (Å²) in [6.45, 7) is 2.17. The maximum atomic E-state index is 4.92. The quantitative estimate of drug-likeness (QED) is 0.177. The molecule has 48 heavy (non-hydrogen) atoms. The van der Waals surface area contributed by atoms with Gasteiger partial charge in [-0.15, -0.1) is 11.3 Å². The molecule has 0 aliphatic heterocycles. The highest BCUT2D eigenvalue weighted by Gasteiger charge is 2.20. The lowest BCUT2D eigenvalue weighted by Crippen LogP contribution is -2.00. The van der Waals surface area contributed by atoms with Crippen LogP contribution in [0.15, 0.2) is 152 Å². The zero-order valence-corrected chi connectivity index (χ0v) is 27.3. The van der Waals surface area contributed by atoms with Gasteiger partial charge in [0.25, 0.3) is 0 Å². The Balaban J connectivity index is 1.21. The number of imidazole rings is 1. The molecule has 0 fully saturated rings. The number of nitrogens with zero attached hydrogens (tertiary/aromatic N) is 2. The second-order valence-electron chi connectivity index (χ2n) is 12.6. The van der Waals surface area contributed by atoms with Gasteiger partial charge in [0.05, 0.1) is 11.0 Å². The molecule has 226 valence electrons. The van der Waals surface area contributed by atoms with Crippen molar-refractivity contribution >= 4 is 74.9 Å². The number of aromatic nitrogens is 2. The molecule has 10 rings (SSSR count). The number of hydrogen-bond donors (Lipinski definition) is 0. The Kier molecular flexibility index (Phi) is 6.06. The third-order valence-electron chi connectivity index (χ3n) is 9.92. The molecule has 2 heterocycles. The highest BCUT2D eigenvalue weighted by Crippen LogP contribution is 2.48. The minimum absolute atomic E-state index is 0.874. The fourth-order valence-electron chi connectivity index (χ4n) is 7.84.